The van der Waals surface area contributed by atoms with E-state index in [9.17, 15) is 4.79 Å². The molecule has 0 bridgehead atoms. The molecule has 0 amide bonds. The quantitative estimate of drug-likeness (QED) is 0.202. The molecule has 32 heavy (non-hydrogen) atoms. The highest BCUT2D eigenvalue weighted by Crippen LogP contribution is 2.41. The number of carbonyl (C=O) groups excluding carboxylic acids is 1. The molecule has 3 heteroatoms. The topological polar surface area (TPSA) is 35.5 Å². The third kappa shape index (κ3) is 7.12. The number of hydrogen-bond acceptors (Lipinski definition) is 3. The zero-order valence-electron chi connectivity index (χ0n) is 20.1. The van der Waals surface area contributed by atoms with E-state index in [1.807, 2.05) is 24.3 Å². The van der Waals surface area contributed by atoms with Crippen molar-refractivity contribution in [2.75, 3.05) is 6.61 Å². The molecule has 3 unspecified atom stereocenters. The van der Waals surface area contributed by atoms with Crippen molar-refractivity contribution >= 4 is 5.97 Å². The van der Waals surface area contributed by atoms with Gasteiger partial charge in [-0.1, -0.05) is 65.0 Å². The molecule has 0 aliphatic heterocycles. The third-order valence-electron chi connectivity index (χ3n) is 6.87. The highest BCUT2D eigenvalue weighted by Gasteiger charge is 2.28. The van der Waals surface area contributed by atoms with E-state index < -0.39 is 0 Å². The number of carbonyl (C=O) groups is 1. The Morgan fingerprint density at radius 2 is 1.56 bits per heavy atom. The SMILES string of the molecule is CCCCCC1CCC(c2ccc(C(=O)Oc3ccc(OCCCC)cc3)cc2)C(C)C1. The van der Waals surface area contributed by atoms with E-state index in [1.54, 1.807) is 12.1 Å². The minimum atomic E-state index is -0.316. The van der Waals surface area contributed by atoms with Gasteiger partial charge in [-0.3, -0.25) is 0 Å². The van der Waals surface area contributed by atoms with Gasteiger partial charge in [0.25, 0.3) is 0 Å². The summed E-state index contributed by atoms with van der Waals surface area (Å²) in [5.74, 6) is 3.22. The Morgan fingerprint density at radius 1 is 0.875 bits per heavy atom. The Kier molecular flexibility index (Phi) is 9.64. The lowest BCUT2D eigenvalue weighted by atomic mass is 9.71. The lowest BCUT2D eigenvalue weighted by Crippen LogP contribution is -2.21. The van der Waals surface area contributed by atoms with E-state index in [4.69, 9.17) is 9.47 Å². The highest BCUT2D eigenvalue weighted by atomic mass is 16.5. The van der Waals surface area contributed by atoms with E-state index >= 15 is 0 Å². The van der Waals surface area contributed by atoms with Crippen molar-refractivity contribution < 1.29 is 14.3 Å². The van der Waals surface area contributed by atoms with Crippen molar-refractivity contribution in [3.63, 3.8) is 0 Å². The lowest BCUT2D eigenvalue weighted by molar-refractivity contribution is 0.0734. The Morgan fingerprint density at radius 3 is 2.22 bits per heavy atom. The normalized spacial score (nSPS) is 20.7. The minimum Gasteiger partial charge on any atom is -0.494 e. The van der Waals surface area contributed by atoms with Gasteiger partial charge in [0.2, 0.25) is 0 Å². The molecule has 0 heterocycles. The lowest BCUT2D eigenvalue weighted by Gasteiger charge is -2.34. The predicted octanol–water partition coefficient (Wildman–Crippen LogP) is 8.18. The monoisotopic (exact) mass is 436 g/mol. The van der Waals surface area contributed by atoms with Crippen molar-refractivity contribution in [2.24, 2.45) is 11.8 Å². The molecule has 0 aromatic heterocycles. The maximum absolute atomic E-state index is 12.6. The van der Waals surface area contributed by atoms with Crippen LogP contribution in [-0.2, 0) is 0 Å². The molecular weight excluding hydrogens is 396 g/mol. The summed E-state index contributed by atoms with van der Waals surface area (Å²) in [6, 6.07) is 15.4. The van der Waals surface area contributed by atoms with Gasteiger partial charge in [0.15, 0.2) is 0 Å². The number of unbranched alkanes of at least 4 members (excludes halogenated alkanes) is 3. The summed E-state index contributed by atoms with van der Waals surface area (Å²) in [5, 5.41) is 0. The number of ether oxygens (including phenoxy) is 2. The summed E-state index contributed by atoms with van der Waals surface area (Å²) >= 11 is 0. The average Bonchev–Trinajstić information content (AvgIpc) is 2.81. The zero-order chi connectivity index (χ0) is 22.8. The molecule has 1 aliphatic carbocycles. The smallest absolute Gasteiger partial charge is 0.343 e. The second-order valence-corrected chi connectivity index (χ2v) is 9.44. The number of benzene rings is 2. The molecule has 0 radical (unpaired) electrons. The van der Waals surface area contributed by atoms with E-state index in [2.05, 4.69) is 32.9 Å². The van der Waals surface area contributed by atoms with Gasteiger partial charge >= 0.3 is 5.97 Å². The van der Waals surface area contributed by atoms with Crippen LogP contribution in [0.3, 0.4) is 0 Å². The second-order valence-electron chi connectivity index (χ2n) is 9.44. The molecule has 3 rings (SSSR count). The maximum atomic E-state index is 12.6. The number of rotatable bonds is 11. The van der Waals surface area contributed by atoms with Crippen LogP contribution in [0.5, 0.6) is 11.5 Å². The zero-order valence-corrected chi connectivity index (χ0v) is 20.1. The molecule has 0 saturated heterocycles. The fourth-order valence-electron chi connectivity index (χ4n) is 4.92. The van der Waals surface area contributed by atoms with Crippen LogP contribution < -0.4 is 9.47 Å². The van der Waals surface area contributed by atoms with Crippen LogP contribution >= 0.6 is 0 Å². The largest absolute Gasteiger partial charge is 0.494 e. The summed E-state index contributed by atoms with van der Waals surface area (Å²) in [6.45, 7) is 7.52. The molecule has 0 N–H and O–H groups in total. The van der Waals surface area contributed by atoms with Gasteiger partial charge < -0.3 is 9.47 Å². The minimum absolute atomic E-state index is 0.316. The Bertz CT molecular complexity index is 809. The van der Waals surface area contributed by atoms with Crippen LogP contribution in [-0.4, -0.2) is 12.6 Å². The molecular formula is C29H40O3. The molecule has 1 aliphatic rings. The first-order chi connectivity index (χ1) is 15.6. The molecule has 0 spiro atoms. The van der Waals surface area contributed by atoms with E-state index in [0.717, 1.165) is 24.5 Å². The van der Waals surface area contributed by atoms with Gasteiger partial charge in [0.1, 0.15) is 11.5 Å². The number of esters is 1. The van der Waals surface area contributed by atoms with Crippen LogP contribution in [0.25, 0.3) is 0 Å². The predicted molar refractivity (Wildman–Crippen MR) is 132 cm³/mol. The van der Waals surface area contributed by atoms with Crippen molar-refractivity contribution in [1.29, 1.82) is 0 Å². The molecule has 1 saturated carbocycles. The maximum Gasteiger partial charge on any atom is 0.343 e. The Labute approximate surface area is 194 Å². The van der Waals surface area contributed by atoms with E-state index in [-0.39, 0.29) is 5.97 Å². The van der Waals surface area contributed by atoms with Crippen molar-refractivity contribution in [2.45, 2.75) is 84.5 Å². The third-order valence-corrected chi connectivity index (χ3v) is 6.87. The number of hydrogen-bond donors (Lipinski definition) is 0. The van der Waals surface area contributed by atoms with Crippen LogP contribution in [0.15, 0.2) is 48.5 Å². The van der Waals surface area contributed by atoms with Crippen molar-refractivity contribution in [3.05, 3.63) is 59.7 Å². The van der Waals surface area contributed by atoms with Crippen LogP contribution in [0.4, 0.5) is 0 Å². The van der Waals surface area contributed by atoms with Crippen LogP contribution in [0.1, 0.15) is 100 Å². The van der Waals surface area contributed by atoms with Gasteiger partial charge in [-0.15, -0.1) is 0 Å². The van der Waals surface area contributed by atoms with Crippen LogP contribution in [0, 0.1) is 11.8 Å². The standard InChI is InChI=1S/C29H40O3/c1-4-6-8-9-23-10-19-28(22(3)21-23)24-11-13-25(14-12-24)29(30)32-27-17-15-26(16-18-27)31-20-7-5-2/h11-18,22-23,28H,4-10,19-21H2,1-3H3. The van der Waals surface area contributed by atoms with Crippen molar-refractivity contribution in [3.8, 4) is 11.5 Å². The highest BCUT2D eigenvalue weighted by molar-refractivity contribution is 5.91. The summed E-state index contributed by atoms with van der Waals surface area (Å²) in [7, 11) is 0. The fourth-order valence-corrected chi connectivity index (χ4v) is 4.92. The van der Waals surface area contributed by atoms with Gasteiger partial charge in [-0.2, -0.15) is 0 Å². The first-order valence-electron chi connectivity index (χ1n) is 12.7. The summed E-state index contributed by atoms with van der Waals surface area (Å²) in [6.07, 6.45) is 11.5. The summed E-state index contributed by atoms with van der Waals surface area (Å²) in [4.78, 5) is 12.6. The Balaban J connectivity index is 1.51. The molecule has 3 atom stereocenters. The first-order valence-corrected chi connectivity index (χ1v) is 12.7. The van der Waals surface area contributed by atoms with Crippen LogP contribution in [0.2, 0.25) is 0 Å². The van der Waals surface area contributed by atoms with E-state index in [1.165, 1.54) is 50.5 Å². The average molecular weight is 437 g/mol. The van der Waals surface area contributed by atoms with Crippen molar-refractivity contribution in [1.82, 2.24) is 0 Å². The molecule has 1 fully saturated rings. The van der Waals surface area contributed by atoms with Gasteiger partial charge in [0, 0.05) is 0 Å². The Hall–Kier alpha value is -2.29. The van der Waals surface area contributed by atoms with E-state index in [0.29, 0.717) is 29.8 Å². The fraction of sp³-hybridized carbons (Fsp3) is 0.552. The molecule has 3 nitrogen and oxygen atoms in total. The molecule has 2 aromatic carbocycles. The molecule has 2 aromatic rings. The molecule has 174 valence electrons. The van der Waals surface area contributed by atoms with Gasteiger partial charge in [-0.05, 0) is 85.4 Å². The first kappa shape index (κ1) is 24.4. The van der Waals surface area contributed by atoms with Gasteiger partial charge in [0.05, 0.1) is 12.2 Å². The van der Waals surface area contributed by atoms with Gasteiger partial charge in [-0.25, -0.2) is 4.79 Å². The summed E-state index contributed by atoms with van der Waals surface area (Å²) < 4.78 is 11.2. The summed E-state index contributed by atoms with van der Waals surface area (Å²) in [5.41, 5.74) is 1.95. The second kappa shape index (κ2) is 12.7.